The number of carbonyl (C=O) groups is 2. The molecule has 4 heterocycles. The number of carbonyl (C=O) groups excluding carboxylic acids is 2. The van der Waals surface area contributed by atoms with Crippen LogP contribution in [0, 0.1) is 0 Å². The van der Waals surface area contributed by atoms with Crippen LogP contribution in [0.4, 0.5) is 10.6 Å². The van der Waals surface area contributed by atoms with Gasteiger partial charge in [0.05, 0.1) is 11.8 Å². The Hall–Kier alpha value is -3.21. The standard InChI is InChI=1S/C20H25N7O3S/c1-3-12(2)23-16-10-15(18(28)26-6-4-13(5-7-26)30-20(21)29)24-17(25-16)14-11-22-27-8-9-31-19(14)27/h8-13H,3-7H2,1-2H3,(H2,21,29)(H,23,24,25)/t12-/m0/s1. The molecule has 0 bridgehead atoms. The van der Waals surface area contributed by atoms with Gasteiger partial charge in [-0.1, -0.05) is 6.92 Å². The third-order valence-corrected chi connectivity index (χ3v) is 6.22. The van der Waals surface area contributed by atoms with Crippen molar-refractivity contribution in [3.63, 3.8) is 0 Å². The fourth-order valence-electron chi connectivity index (χ4n) is 3.49. The van der Waals surface area contributed by atoms with Crippen LogP contribution in [0.3, 0.4) is 0 Å². The number of anilines is 1. The van der Waals surface area contributed by atoms with Gasteiger partial charge in [0, 0.05) is 49.6 Å². The van der Waals surface area contributed by atoms with Gasteiger partial charge >= 0.3 is 6.09 Å². The Balaban J connectivity index is 1.62. The van der Waals surface area contributed by atoms with E-state index >= 15 is 0 Å². The molecule has 3 N–H and O–H groups in total. The Labute approximate surface area is 183 Å². The second-order valence-corrected chi connectivity index (χ2v) is 8.45. The van der Waals surface area contributed by atoms with Crippen LogP contribution in [-0.2, 0) is 4.74 Å². The molecule has 1 saturated heterocycles. The number of hydrogen-bond donors (Lipinski definition) is 2. The SMILES string of the molecule is CC[C@H](C)Nc1cc(C(=O)N2CCC(OC(N)=O)CC2)nc(-c2cnn3ccsc23)n1. The van der Waals surface area contributed by atoms with Crippen molar-refractivity contribution in [1.29, 1.82) is 0 Å². The number of nitrogens with two attached hydrogens (primary N) is 1. The summed E-state index contributed by atoms with van der Waals surface area (Å²) in [5.74, 6) is 0.884. The van der Waals surface area contributed by atoms with Gasteiger partial charge in [-0.2, -0.15) is 5.10 Å². The number of rotatable bonds is 6. The lowest BCUT2D eigenvalue weighted by Crippen LogP contribution is -2.42. The van der Waals surface area contributed by atoms with Gasteiger partial charge in [0.25, 0.3) is 5.91 Å². The Kier molecular flexibility index (Phi) is 6.03. The smallest absolute Gasteiger partial charge is 0.404 e. The number of nitrogens with zero attached hydrogens (tertiary/aromatic N) is 5. The molecule has 0 aliphatic carbocycles. The number of piperidine rings is 1. The minimum absolute atomic E-state index is 0.178. The summed E-state index contributed by atoms with van der Waals surface area (Å²) in [5, 5.41) is 9.63. The summed E-state index contributed by atoms with van der Waals surface area (Å²) in [7, 11) is 0. The van der Waals surface area contributed by atoms with Crippen LogP contribution in [0.25, 0.3) is 16.2 Å². The fraction of sp³-hybridized carbons (Fsp3) is 0.450. The maximum atomic E-state index is 13.2. The van der Waals surface area contributed by atoms with Gasteiger partial charge in [-0.15, -0.1) is 11.3 Å². The van der Waals surface area contributed by atoms with Gasteiger partial charge in [-0.05, 0) is 13.3 Å². The predicted molar refractivity (Wildman–Crippen MR) is 117 cm³/mol. The highest BCUT2D eigenvalue weighted by atomic mass is 32.1. The molecule has 0 radical (unpaired) electrons. The Morgan fingerprint density at radius 1 is 1.35 bits per heavy atom. The van der Waals surface area contributed by atoms with Crippen LogP contribution in [-0.4, -0.2) is 61.7 Å². The molecule has 0 aromatic carbocycles. The number of fused-ring (bicyclic) bond motifs is 1. The summed E-state index contributed by atoms with van der Waals surface area (Å²) in [4.78, 5) is 36.1. The summed E-state index contributed by atoms with van der Waals surface area (Å²) >= 11 is 1.54. The highest BCUT2D eigenvalue weighted by Gasteiger charge is 2.27. The molecule has 11 heteroatoms. The lowest BCUT2D eigenvalue weighted by molar-refractivity contribution is 0.0451. The van der Waals surface area contributed by atoms with E-state index in [0.717, 1.165) is 16.8 Å². The van der Waals surface area contributed by atoms with Crippen LogP contribution in [0.1, 0.15) is 43.6 Å². The molecule has 0 spiro atoms. The highest BCUT2D eigenvalue weighted by molar-refractivity contribution is 7.16. The lowest BCUT2D eigenvalue weighted by atomic mass is 10.1. The van der Waals surface area contributed by atoms with Gasteiger partial charge in [0.1, 0.15) is 22.4 Å². The number of likely N-dealkylation sites (tertiary alicyclic amines) is 1. The summed E-state index contributed by atoms with van der Waals surface area (Å²) in [6, 6.07) is 1.89. The topological polar surface area (TPSA) is 128 Å². The molecule has 0 unspecified atom stereocenters. The molecule has 2 amide bonds. The predicted octanol–water partition coefficient (Wildman–Crippen LogP) is 2.76. The molecule has 1 aliphatic rings. The first kappa shape index (κ1) is 21.0. The largest absolute Gasteiger partial charge is 0.446 e. The van der Waals surface area contributed by atoms with E-state index in [1.54, 1.807) is 33.0 Å². The van der Waals surface area contributed by atoms with Gasteiger partial charge in [0.15, 0.2) is 5.82 Å². The number of hydrogen-bond acceptors (Lipinski definition) is 8. The molecule has 4 rings (SSSR count). The van der Waals surface area contributed by atoms with Crippen molar-refractivity contribution < 1.29 is 14.3 Å². The first-order valence-corrected chi connectivity index (χ1v) is 11.1. The molecule has 10 nitrogen and oxygen atoms in total. The number of amides is 2. The zero-order valence-corrected chi connectivity index (χ0v) is 18.3. The van der Waals surface area contributed by atoms with Crippen molar-refractivity contribution in [2.75, 3.05) is 18.4 Å². The summed E-state index contributed by atoms with van der Waals surface area (Å²) in [6.45, 7) is 5.07. The van der Waals surface area contributed by atoms with Crippen molar-refractivity contribution in [3.05, 3.63) is 29.5 Å². The zero-order valence-electron chi connectivity index (χ0n) is 17.4. The summed E-state index contributed by atoms with van der Waals surface area (Å²) in [6.07, 6.45) is 4.55. The maximum Gasteiger partial charge on any atom is 0.404 e. The van der Waals surface area contributed by atoms with Crippen LogP contribution >= 0.6 is 11.3 Å². The minimum atomic E-state index is -0.785. The molecule has 0 saturated carbocycles. The van der Waals surface area contributed by atoms with E-state index in [1.807, 2.05) is 11.6 Å². The van der Waals surface area contributed by atoms with E-state index in [2.05, 4.69) is 34.2 Å². The number of thiazole rings is 1. The quantitative estimate of drug-likeness (QED) is 0.599. The molecule has 164 valence electrons. The minimum Gasteiger partial charge on any atom is -0.446 e. The van der Waals surface area contributed by atoms with E-state index in [-0.39, 0.29) is 18.1 Å². The van der Waals surface area contributed by atoms with Gasteiger partial charge in [-0.3, -0.25) is 4.79 Å². The third-order valence-electron chi connectivity index (χ3n) is 5.34. The molecule has 3 aromatic heterocycles. The molecular formula is C20H25N7O3S. The van der Waals surface area contributed by atoms with Crippen LogP contribution < -0.4 is 11.1 Å². The van der Waals surface area contributed by atoms with E-state index in [0.29, 0.717) is 43.3 Å². The highest BCUT2D eigenvalue weighted by Crippen LogP contribution is 2.27. The fourth-order valence-corrected chi connectivity index (χ4v) is 4.28. The number of ether oxygens (including phenoxy) is 1. The maximum absolute atomic E-state index is 13.2. The zero-order chi connectivity index (χ0) is 22.0. The average Bonchev–Trinajstić information content (AvgIpc) is 3.37. The Bertz CT molecular complexity index is 1090. The Morgan fingerprint density at radius 3 is 2.84 bits per heavy atom. The second-order valence-electron chi connectivity index (χ2n) is 7.56. The monoisotopic (exact) mass is 443 g/mol. The van der Waals surface area contributed by atoms with Crippen molar-refractivity contribution in [1.82, 2.24) is 24.5 Å². The van der Waals surface area contributed by atoms with Crippen molar-refractivity contribution >= 4 is 34.0 Å². The number of nitrogens with one attached hydrogen (secondary N) is 1. The van der Waals surface area contributed by atoms with Crippen molar-refractivity contribution in [2.24, 2.45) is 5.73 Å². The van der Waals surface area contributed by atoms with Gasteiger partial charge < -0.3 is 20.7 Å². The van der Waals surface area contributed by atoms with E-state index in [1.165, 1.54) is 0 Å². The molecule has 3 aromatic rings. The van der Waals surface area contributed by atoms with Crippen LogP contribution in [0.2, 0.25) is 0 Å². The first-order valence-electron chi connectivity index (χ1n) is 10.3. The molecule has 1 atom stereocenters. The Morgan fingerprint density at radius 2 is 2.13 bits per heavy atom. The van der Waals surface area contributed by atoms with Gasteiger partial charge in [-0.25, -0.2) is 19.3 Å². The molecule has 31 heavy (non-hydrogen) atoms. The summed E-state index contributed by atoms with van der Waals surface area (Å²) in [5.41, 5.74) is 6.20. The van der Waals surface area contributed by atoms with E-state index in [9.17, 15) is 9.59 Å². The number of aromatic nitrogens is 4. The third kappa shape index (κ3) is 4.61. The van der Waals surface area contributed by atoms with E-state index < -0.39 is 6.09 Å². The summed E-state index contributed by atoms with van der Waals surface area (Å²) < 4.78 is 6.83. The molecular weight excluding hydrogens is 418 g/mol. The second kappa shape index (κ2) is 8.88. The number of primary amides is 1. The lowest BCUT2D eigenvalue weighted by Gasteiger charge is -2.31. The van der Waals surface area contributed by atoms with Crippen LogP contribution in [0.5, 0.6) is 0 Å². The first-order chi connectivity index (χ1) is 14.9. The average molecular weight is 444 g/mol. The van der Waals surface area contributed by atoms with E-state index in [4.69, 9.17) is 10.5 Å². The van der Waals surface area contributed by atoms with Crippen LogP contribution in [0.15, 0.2) is 23.8 Å². The van der Waals surface area contributed by atoms with Gasteiger partial charge in [0.2, 0.25) is 0 Å². The molecule has 1 aliphatic heterocycles. The van der Waals surface area contributed by atoms with Crippen molar-refractivity contribution in [2.45, 2.75) is 45.3 Å². The molecule has 1 fully saturated rings. The normalized spacial score (nSPS) is 15.7. The van der Waals surface area contributed by atoms with Crippen molar-refractivity contribution in [3.8, 4) is 11.4 Å².